The molecule has 3 aromatic rings. The number of ether oxygens (including phenoxy) is 2. The number of rotatable bonds is 7. The first-order valence-corrected chi connectivity index (χ1v) is 9.19. The van der Waals surface area contributed by atoms with Gasteiger partial charge in [0.1, 0.15) is 5.82 Å². The molecule has 0 saturated heterocycles. The zero-order chi connectivity index (χ0) is 19.9. The molecule has 0 amide bonds. The second-order valence-corrected chi connectivity index (χ2v) is 6.42. The Morgan fingerprint density at radius 2 is 1.75 bits per heavy atom. The lowest BCUT2D eigenvalue weighted by Crippen LogP contribution is -2.16. The Morgan fingerprint density at radius 3 is 2.46 bits per heavy atom. The molecular formula is C19H16FN3O4S. The molecule has 3 rings (SSSR count). The molecule has 0 unspecified atom stereocenters. The zero-order valence-corrected chi connectivity index (χ0v) is 15.7. The van der Waals surface area contributed by atoms with Crippen molar-refractivity contribution in [2.75, 3.05) is 19.5 Å². The van der Waals surface area contributed by atoms with E-state index in [1.54, 1.807) is 22.8 Å². The van der Waals surface area contributed by atoms with Crippen LogP contribution in [0.15, 0.2) is 59.8 Å². The Labute approximate surface area is 164 Å². The standard InChI is InChI=1S/C19H16FN3O4S/c1-26-16(24)11-27-17(25)12-28-19-22-21-18(14-9-5-6-10-15(14)20)23(19)13-7-3-2-4-8-13/h2-10H,11-12H2,1H3. The lowest BCUT2D eigenvalue weighted by atomic mass is 10.2. The number of benzene rings is 2. The topological polar surface area (TPSA) is 83.3 Å². The lowest BCUT2D eigenvalue weighted by Gasteiger charge is -2.10. The summed E-state index contributed by atoms with van der Waals surface area (Å²) in [6.07, 6.45) is 0. The predicted molar refractivity (Wildman–Crippen MR) is 100 cm³/mol. The highest BCUT2D eigenvalue weighted by Gasteiger charge is 2.19. The highest BCUT2D eigenvalue weighted by Crippen LogP contribution is 2.29. The largest absolute Gasteiger partial charge is 0.466 e. The van der Waals surface area contributed by atoms with Crippen molar-refractivity contribution in [2.45, 2.75) is 5.16 Å². The number of hydrogen-bond acceptors (Lipinski definition) is 7. The van der Waals surface area contributed by atoms with E-state index in [0.29, 0.717) is 16.5 Å². The number of esters is 2. The van der Waals surface area contributed by atoms with Crippen molar-refractivity contribution in [3.05, 3.63) is 60.4 Å². The van der Waals surface area contributed by atoms with Crippen molar-refractivity contribution in [3.8, 4) is 17.1 Å². The first-order chi connectivity index (χ1) is 13.6. The van der Waals surface area contributed by atoms with Crippen LogP contribution in [0, 0.1) is 5.82 Å². The fourth-order valence-electron chi connectivity index (χ4n) is 2.35. The second kappa shape index (κ2) is 9.14. The number of carbonyl (C=O) groups excluding carboxylic acids is 2. The van der Waals surface area contributed by atoms with E-state index in [-0.39, 0.29) is 5.75 Å². The van der Waals surface area contributed by atoms with Crippen LogP contribution in [-0.4, -0.2) is 46.2 Å². The SMILES string of the molecule is COC(=O)COC(=O)CSc1nnc(-c2ccccc2F)n1-c1ccccc1. The Balaban J connectivity index is 1.87. The molecule has 7 nitrogen and oxygen atoms in total. The van der Waals surface area contributed by atoms with Crippen LogP contribution in [0.5, 0.6) is 0 Å². The van der Waals surface area contributed by atoms with Crippen molar-refractivity contribution in [3.63, 3.8) is 0 Å². The Hall–Kier alpha value is -3.20. The Kier molecular flexibility index (Phi) is 6.38. The van der Waals surface area contributed by atoms with Gasteiger partial charge in [0.25, 0.3) is 0 Å². The summed E-state index contributed by atoms with van der Waals surface area (Å²) < 4.78 is 25.2. The first kappa shape index (κ1) is 19.6. The lowest BCUT2D eigenvalue weighted by molar-refractivity contribution is -0.155. The first-order valence-electron chi connectivity index (χ1n) is 8.21. The molecule has 0 aliphatic carbocycles. The maximum Gasteiger partial charge on any atom is 0.344 e. The molecule has 0 fully saturated rings. The third kappa shape index (κ3) is 4.55. The Morgan fingerprint density at radius 1 is 1.04 bits per heavy atom. The van der Waals surface area contributed by atoms with Gasteiger partial charge in [-0.1, -0.05) is 42.1 Å². The average molecular weight is 401 g/mol. The number of nitrogens with zero attached hydrogens (tertiary/aromatic N) is 3. The van der Waals surface area contributed by atoms with E-state index >= 15 is 0 Å². The zero-order valence-electron chi connectivity index (χ0n) is 14.9. The van der Waals surface area contributed by atoms with Crippen molar-refractivity contribution in [1.82, 2.24) is 14.8 Å². The van der Waals surface area contributed by atoms with E-state index in [4.69, 9.17) is 4.74 Å². The van der Waals surface area contributed by atoms with E-state index < -0.39 is 24.4 Å². The highest BCUT2D eigenvalue weighted by molar-refractivity contribution is 7.99. The molecule has 0 aliphatic heterocycles. The number of carbonyl (C=O) groups is 2. The van der Waals surface area contributed by atoms with Crippen LogP contribution >= 0.6 is 11.8 Å². The number of methoxy groups -OCH3 is 1. The van der Waals surface area contributed by atoms with Crippen LogP contribution in [0.1, 0.15) is 0 Å². The summed E-state index contributed by atoms with van der Waals surface area (Å²) in [6, 6.07) is 15.4. The third-order valence-corrected chi connectivity index (χ3v) is 4.56. The molecule has 9 heteroatoms. The molecule has 0 saturated carbocycles. The molecule has 1 aromatic heterocycles. The molecule has 1 heterocycles. The van der Waals surface area contributed by atoms with E-state index in [0.717, 1.165) is 17.4 Å². The number of aromatic nitrogens is 3. The Bertz CT molecular complexity index is 978. The minimum absolute atomic E-state index is 0.0980. The van der Waals surface area contributed by atoms with Gasteiger partial charge < -0.3 is 9.47 Å². The van der Waals surface area contributed by atoms with Crippen LogP contribution in [0.25, 0.3) is 17.1 Å². The highest BCUT2D eigenvalue weighted by atomic mass is 32.2. The van der Waals surface area contributed by atoms with Crippen molar-refractivity contribution >= 4 is 23.7 Å². The van der Waals surface area contributed by atoms with E-state index in [2.05, 4.69) is 14.9 Å². The summed E-state index contributed by atoms with van der Waals surface area (Å²) in [7, 11) is 1.21. The normalized spacial score (nSPS) is 10.5. The van der Waals surface area contributed by atoms with Gasteiger partial charge in [0, 0.05) is 5.69 Å². The van der Waals surface area contributed by atoms with Crippen molar-refractivity contribution < 1.29 is 23.5 Å². The molecule has 0 bridgehead atoms. The van der Waals surface area contributed by atoms with E-state index in [1.807, 2.05) is 30.3 Å². The molecule has 0 N–H and O–H groups in total. The summed E-state index contributed by atoms with van der Waals surface area (Å²) >= 11 is 1.07. The third-order valence-electron chi connectivity index (χ3n) is 3.66. The van der Waals surface area contributed by atoms with Crippen LogP contribution in [0.2, 0.25) is 0 Å². The van der Waals surface area contributed by atoms with Crippen LogP contribution < -0.4 is 0 Å². The molecule has 2 aromatic carbocycles. The maximum atomic E-state index is 14.3. The monoisotopic (exact) mass is 401 g/mol. The summed E-state index contributed by atoms with van der Waals surface area (Å²) in [5, 5.41) is 8.61. The summed E-state index contributed by atoms with van der Waals surface area (Å²) in [5.74, 6) is -1.46. The molecule has 0 radical (unpaired) electrons. The van der Waals surface area contributed by atoms with Crippen LogP contribution in [-0.2, 0) is 19.1 Å². The van der Waals surface area contributed by atoms with Gasteiger partial charge in [-0.2, -0.15) is 0 Å². The predicted octanol–water partition coefficient (Wildman–Crippen LogP) is 2.88. The van der Waals surface area contributed by atoms with Crippen LogP contribution in [0.3, 0.4) is 0 Å². The number of hydrogen-bond donors (Lipinski definition) is 0. The molecule has 144 valence electrons. The van der Waals surface area contributed by atoms with Gasteiger partial charge in [0.2, 0.25) is 0 Å². The van der Waals surface area contributed by atoms with Crippen molar-refractivity contribution in [2.24, 2.45) is 0 Å². The number of halogens is 1. The number of para-hydroxylation sites is 1. The van der Waals surface area contributed by atoms with Gasteiger partial charge in [-0.3, -0.25) is 9.36 Å². The minimum atomic E-state index is -0.646. The van der Waals surface area contributed by atoms with Gasteiger partial charge in [-0.15, -0.1) is 10.2 Å². The fourth-order valence-corrected chi connectivity index (χ4v) is 3.10. The van der Waals surface area contributed by atoms with Gasteiger partial charge in [-0.25, -0.2) is 9.18 Å². The van der Waals surface area contributed by atoms with Crippen LogP contribution in [0.4, 0.5) is 4.39 Å². The summed E-state index contributed by atoms with van der Waals surface area (Å²) in [6.45, 7) is -0.457. The average Bonchev–Trinajstić information content (AvgIpc) is 3.15. The van der Waals surface area contributed by atoms with Gasteiger partial charge in [0.15, 0.2) is 17.6 Å². The molecule has 0 aliphatic rings. The summed E-state index contributed by atoms with van der Waals surface area (Å²) in [5.41, 5.74) is 1.01. The fraction of sp³-hybridized carbons (Fsp3) is 0.158. The van der Waals surface area contributed by atoms with Gasteiger partial charge >= 0.3 is 11.9 Å². The van der Waals surface area contributed by atoms with Crippen molar-refractivity contribution in [1.29, 1.82) is 0 Å². The molecule has 28 heavy (non-hydrogen) atoms. The maximum absolute atomic E-state index is 14.3. The molecular weight excluding hydrogens is 385 g/mol. The smallest absolute Gasteiger partial charge is 0.344 e. The summed E-state index contributed by atoms with van der Waals surface area (Å²) in [4.78, 5) is 22.9. The number of thioether (sulfide) groups is 1. The second-order valence-electron chi connectivity index (χ2n) is 5.48. The quantitative estimate of drug-likeness (QED) is 0.445. The van der Waals surface area contributed by atoms with Gasteiger partial charge in [-0.05, 0) is 24.3 Å². The molecule has 0 atom stereocenters. The minimum Gasteiger partial charge on any atom is -0.466 e. The van der Waals surface area contributed by atoms with E-state index in [9.17, 15) is 14.0 Å². The molecule has 0 spiro atoms. The van der Waals surface area contributed by atoms with Gasteiger partial charge in [0.05, 0.1) is 18.4 Å². The van der Waals surface area contributed by atoms with E-state index in [1.165, 1.54) is 13.2 Å².